The van der Waals surface area contributed by atoms with E-state index in [4.69, 9.17) is 11.5 Å². The van der Waals surface area contributed by atoms with Crippen molar-refractivity contribution in [1.29, 1.82) is 0 Å². The summed E-state index contributed by atoms with van der Waals surface area (Å²) >= 11 is 0. The molecule has 2 fully saturated rings. The first kappa shape index (κ1) is 45.1. The minimum absolute atomic E-state index is 0.00701. The summed E-state index contributed by atoms with van der Waals surface area (Å²) in [7, 11) is 0. The van der Waals surface area contributed by atoms with E-state index in [0.717, 1.165) is 24.1 Å². The van der Waals surface area contributed by atoms with Crippen molar-refractivity contribution in [2.24, 2.45) is 0 Å². The van der Waals surface area contributed by atoms with Crippen molar-refractivity contribution in [3.63, 3.8) is 0 Å². The van der Waals surface area contributed by atoms with Gasteiger partial charge in [-0.2, -0.15) is 0 Å². The van der Waals surface area contributed by atoms with Crippen molar-refractivity contribution in [1.82, 2.24) is 58.4 Å². The van der Waals surface area contributed by atoms with Crippen molar-refractivity contribution in [3.8, 4) is 23.2 Å². The van der Waals surface area contributed by atoms with Crippen LogP contribution in [0, 0.1) is 25.7 Å². The number of nitrogen functional groups attached to an aromatic ring is 2. The van der Waals surface area contributed by atoms with Gasteiger partial charge < -0.3 is 32.3 Å². The molecule has 2 aliphatic heterocycles. The fourth-order valence-electron chi connectivity index (χ4n) is 8.56. The Morgan fingerprint density at radius 3 is 1.61 bits per heavy atom. The summed E-state index contributed by atoms with van der Waals surface area (Å²) in [6.07, 6.45) is 7.35. The Bertz CT molecular complexity index is 3470. The number of aryl methyl sites for hydroxylation is 2. The summed E-state index contributed by atoms with van der Waals surface area (Å²) in [5.41, 5.74) is 17.4. The minimum atomic E-state index is -0.357. The van der Waals surface area contributed by atoms with Crippen LogP contribution in [0.15, 0.2) is 107 Å². The van der Waals surface area contributed by atoms with Gasteiger partial charge in [-0.15, -0.1) is 0 Å². The summed E-state index contributed by atoms with van der Waals surface area (Å²) < 4.78 is 6.18. The highest BCUT2D eigenvalue weighted by Gasteiger charge is 2.32. The second kappa shape index (κ2) is 19.1. The van der Waals surface area contributed by atoms with E-state index in [2.05, 4.69) is 57.7 Å². The lowest BCUT2D eigenvalue weighted by Crippen LogP contribution is -2.31. The molecular weight excluding hydrogens is 881 g/mol. The molecule has 21 heteroatoms. The fraction of sp³-hybridized carbons (Fsp3) is 0.229. The molecule has 2 aromatic carbocycles. The zero-order valence-electron chi connectivity index (χ0n) is 37.8. The largest absolute Gasteiger partial charge is 0.382 e. The smallest absolute Gasteiger partial charge is 0.335 e. The van der Waals surface area contributed by atoms with E-state index in [0.29, 0.717) is 82.5 Å². The number of likely N-dealkylation sites (tertiary alicyclic amines) is 1. The Labute approximate surface area is 393 Å². The SMILES string of the molecule is CC#CC(=O)N1CC[C@@H](n2c(=O)n(-c3ccc(C(=O)Nc4cc(C)ccn4)cc3)c3c(N)ncnc32)C1.Cc1ccnc(NC(=O)c2ccc(-n3c(=O)n([C@@H]4CCNC4)c4ncnc(N)c43)cc2)c1. The number of nitrogens with zero attached hydrogens (tertiary/aromatic N) is 11. The summed E-state index contributed by atoms with van der Waals surface area (Å²) in [5, 5.41) is 8.82. The molecule has 0 radical (unpaired) electrons. The van der Waals surface area contributed by atoms with Gasteiger partial charge in [-0.3, -0.25) is 32.7 Å². The summed E-state index contributed by atoms with van der Waals surface area (Å²) in [4.78, 5) is 91.5. The molecule has 0 saturated carbocycles. The van der Waals surface area contributed by atoms with Crippen LogP contribution in [0.2, 0.25) is 0 Å². The molecule has 10 rings (SSSR count). The van der Waals surface area contributed by atoms with Gasteiger partial charge in [-0.05, 0) is 130 Å². The van der Waals surface area contributed by atoms with E-state index < -0.39 is 0 Å². The predicted octanol–water partition coefficient (Wildman–Crippen LogP) is 3.57. The first-order valence-corrected chi connectivity index (χ1v) is 22.0. The molecule has 2 saturated heterocycles. The number of anilines is 4. The molecule has 21 nitrogen and oxygen atoms in total. The number of nitrogens with one attached hydrogen (secondary N) is 3. The standard InChI is InChI=1S/C26H24N8O3.C22H22N8O2/c1-3-4-21(35)32-12-10-19(14-32)34-24-22(23(27)29-15-30-24)33(26(34)37)18-7-5-17(6-8-18)25(36)31-20-13-16(2)9-11-28-20;1-13-6-9-25-17(10-13)28-21(31)14-2-4-15(5-3-14)29-18-19(23)26-12-27-20(18)30(22(29)32)16-7-8-24-11-16/h5-9,11,13,15,19H,10,12,14H2,1-2H3,(H2,27,29,30)(H,28,31,36);2-6,9-10,12,16,24H,7-8,11H2,1H3,(H2,23,26,27)(H,25,28,31)/t19-;16-/m11/s1. The number of amides is 3. The van der Waals surface area contributed by atoms with Gasteiger partial charge in [0.05, 0.1) is 23.5 Å². The first-order valence-electron chi connectivity index (χ1n) is 22.0. The molecule has 8 heterocycles. The molecule has 6 aromatic heterocycles. The van der Waals surface area contributed by atoms with Crippen LogP contribution < -0.4 is 38.8 Å². The van der Waals surface area contributed by atoms with Gasteiger partial charge in [0.2, 0.25) is 0 Å². The van der Waals surface area contributed by atoms with Crippen molar-refractivity contribution in [2.45, 2.75) is 45.7 Å². The molecule has 2 aliphatic rings. The second-order valence-electron chi connectivity index (χ2n) is 16.5. The van der Waals surface area contributed by atoms with E-state index >= 15 is 0 Å². The van der Waals surface area contributed by atoms with Gasteiger partial charge in [0.15, 0.2) is 22.9 Å². The maximum Gasteiger partial charge on any atom is 0.335 e. The topological polar surface area (TPSA) is 274 Å². The number of rotatable bonds is 8. The van der Waals surface area contributed by atoms with Crippen LogP contribution in [-0.2, 0) is 4.79 Å². The molecule has 0 unspecified atom stereocenters. The summed E-state index contributed by atoms with van der Waals surface area (Å²) in [6.45, 7) is 7.80. The average molecular weight is 927 g/mol. The Kier molecular flexibility index (Phi) is 12.5. The quantitative estimate of drug-likeness (QED) is 0.136. The Hall–Kier alpha value is -9.03. The minimum Gasteiger partial charge on any atom is -0.382 e. The highest BCUT2D eigenvalue weighted by molar-refractivity contribution is 6.04. The molecule has 8 aromatic rings. The Balaban J connectivity index is 0.000000174. The third-order valence-corrected chi connectivity index (χ3v) is 11.9. The van der Waals surface area contributed by atoms with E-state index in [-0.39, 0.29) is 52.8 Å². The van der Waals surface area contributed by atoms with Crippen LogP contribution in [0.4, 0.5) is 23.3 Å². The molecule has 0 aliphatic carbocycles. The van der Waals surface area contributed by atoms with Gasteiger partial charge in [0.1, 0.15) is 35.3 Å². The monoisotopic (exact) mass is 926 g/mol. The molecular formula is C48H46N16O5. The second-order valence-corrected chi connectivity index (χ2v) is 16.5. The highest BCUT2D eigenvalue weighted by Crippen LogP contribution is 2.28. The normalized spacial score (nSPS) is 15.3. The van der Waals surface area contributed by atoms with E-state index in [1.807, 2.05) is 26.0 Å². The molecule has 7 N–H and O–H groups in total. The number of fused-ring (bicyclic) bond motifs is 2. The fourth-order valence-corrected chi connectivity index (χ4v) is 8.56. The Morgan fingerprint density at radius 1 is 0.667 bits per heavy atom. The molecule has 3 amide bonds. The van der Waals surface area contributed by atoms with Crippen LogP contribution in [0.25, 0.3) is 33.7 Å². The van der Waals surface area contributed by atoms with E-state index in [1.165, 1.54) is 21.8 Å². The van der Waals surface area contributed by atoms with E-state index in [1.54, 1.807) is 94.0 Å². The van der Waals surface area contributed by atoms with Crippen molar-refractivity contribution >= 4 is 63.3 Å². The molecule has 348 valence electrons. The van der Waals surface area contributed by atoms with Crippen molar-refractivity contribution < 1.29 is 14.4 Å². The van der Waals surface area contributed by atoms with Crippen LogP contribution in [0.3, 0.4) is 0 Å². The Morgan fingerprint density at radius 2 is 1.16 bits per heavy atom. The first-order chi connectivity index (χ1) is 33.4. The molecule has 0 bridgehead atoms. The number of aromatic nitrogens is 10. The van der Waals surface area contributed by atoms with Gasteiger partial charge in [0.25, 0.3) is 17.7 Å². The molecule has 0 spiro atoms. The number of imidazole rings is 2. The van der Waals surface area contributed by atoms with Crippen LogP contribution in [0.1, 0.15) is 63.7 Å². The number of carbonyl (C=O) groups is 3. The number of hydrogen-bond donors (Lipinski definition) is 5. The third-order valence-electron chi connectivity index (χ3n) is 11.9. The molecule has 69 heavy (non-hydrogen) atoms. The van der Waals surface area contributed by atoms with Crippen molar-refractivity contribution in [2.75, 3.05) is 48.3 Å². The van der Waals surface area contributed by atoms with Gasteiger partial charge >= 0.3 is 11.4 Å². The van der Waals surface area contributed by atoms with E-state index in [9.17, 15) is 24.0 Å². The number of nitrogens with two attached hydrogens (primary N) is 2. The zero-order chi connectivity index (χ0) is 48.3. The maximum atomic E-state index is 13.7. The number of pyridine rings is 2. The predicted molar refractivity (Wildman–Crippen MR) is 259 cm³/mol. The summed E-state index contributed by atoms with van der Waals surface area (Å²) in [5.74, 6) is 5.58. The van der Waals surface area contributed by atoms with Crippen LogP contribution in [0.5, 0.6) is 0 Å². The van der Waals surface area contributed by atoms with Crippen molar-refractivity contribution in [3.05, 3.63) is 141 Å². The lowest BCUT2D eigenvalue weighted by atomic mass is 10.2. The average Bonchev–Trinajstić information content (AvgIpc) is 4.15. The zero-order valence-corrected chi connectivity index (χ0v) is 37.8. The lowest BCUT2D eigenvalue weighted by molar-refractivity contribution is -0.124. The van der Waals surface area contributed by atoms with Gasteiger partial charge in [-0.25, -0.2) is 39.5 Å². The number of benzene rings is 2. The van der Waals surface area contributed by atoms with Crippen LogP contribution >= 0.6 is 0 Å². The maximum absolute atomic E-state index is 13.7. The number of hydrogen-bond acceptors (Lipinski definition) is 14. The van der Waals surface area contributed by atoms with Gasteiger partial charge in [0, 0.05) is 43.2 Å². The van der Waals surface area contributed by atoms with Gasteiger partial charge in [-0.1, -0.05) is 5.92 Å². The molecule has 2 atom stereocenters. The third kappa shape index (κ3) is 8.98. The summed E-state index contributed by atoms with van der Waals surface area (Å²) in [6, 6.07) is 20.3. The number of carbonyl (C=O) groups excluding carboxylic acids is 3. The van der Waals surface area contributed by atoms with Crippen LogP contribution in [-0.4, -0.2) is 97.0 Å². The highest BCUT2D eigenvalue weighted by atomic mass is 16.2. The lowest BCUT2D eigenvalue weighted by Gasteiger charge is -2.14.